The third kappa shape index (κ3) is 1.73. The first-order valence-electron chi connectivity index (χ1n) is 11.5. The van der Waals surface area contributed by atoms with Gasteiger partial charge in [-0.25, -0.2) is 0 Å². The first-order chi connectivity index (χ1) is 13.2. The summed E-state index contributed by atoms with van der Waals surface area (Å²) >= 11 is 0. The summed E-state index contributed by atoms with van der Waals surface area (Å²) < 4.78 is 0. The summed E-state index contributed by atoms with van der Waals surface area (Å²) in [4.78, 5) is 0. The van der Waals surface area contributed by atoms with E-state index in [1.807, 2.05) is 0 Å². The molecule has 4 saturated heterocycles. The first-order valence-corrected chi connectivity index (χ1v) is 11.5. The Balaban J connectivity index is 1.27. The van der Waals surface area contributed by atoms with Crippen molar-refractivity contribution in [1.82, 2.24) is 16.0 Å². The molecule has 6 fully saturated rings. The number of piperidine rings is 2. The maximum atomic E-state index is 4.29. The Morgan fingerprint density at radius 1 is 0.815 bits per heavy atom. The van der Waals surface area contributed by atoms with E-state index < -0.39 is 0 Å². The van der Waals surface area contributed by atoms with Crippen molar-refractivity contribution in [3.05, 3.63) is 35.4 Å². The van der Waals surface area contributed by atoms with Crippen LogP contribution in [0.3, 0.4) is 0 Å². The van der Waals surface area contributed by atoms with E-state index in [2.05, 4.69) is 40.2 Å². The molecule has 2 saturated carbocycles. The van der Waals surface area contributed by atoms with E-state index in [4.69, 9.17) is 0 Å². The topological polar surface area (TPSA) is 36.1 Å². The van der Waals surface area contributed by atoms with Crippen LogP contribution < -0.4 is 16.0 Å². The molecule has 1 aromatic carbocycles. The van der Waals surface area contributed by atoms with E-state index in [-0.39, 0.29) is 0 Å². The van der Waals surface area contributed by atoms with Gasteiger partial charge in [0.15, 0.2) is 0 Å². The lowest BCUT2D eigenvalue weighted by Gasteiger charge is -2.68. The summed E-state index contributed by atoms with van der Waals surface area (Å²) in [5.41, 5.74) is 5.05. The van der Waals surface area contributed by atoms with Crippen molar-refractivity contribution in [2.45, 2.75) is 86.2 Å². The van der Waals surface area contributed by atoms with E-state index in [1.54, 1.807) is 11.1 Å². The van der Waals surface area contributed by atoms with E-state index in [0.29, 0.717) is 21.9 Å². The Hall–Kier alpha value is -0.900. The molecule has 0 aromatic heterocycles. The number of piperazine rings is 1. The average Bonchev–Trinajstić information content (AvgIpc) is 3.39. The van der Waals surface area contributed by atoms with Crippen molar-refractivity contribution in [3.8, 4) is 0 Å². The monoisotopic (exact) mass is 363 g/mol. The van der Waals surface area contributed by atoms with Crippen molar-refractivity contribution in [1.29, 1.82) is 0 Å². The second-order valence-electron chi connectivity index (χ2n) is 10.9. The van der Waals surface area contributed by atoms with E-state index in [9.17, 15) is 0 Å². The number of hydrogen-bond donors (Lipinski definition) is 3. The number of benzene rings is 1. The molecular weight excluding hydrogens is 330 g/mol. The van der Waals surface area contributed by atoms with Crippen LogP contribution in [0.2, 0.25) is 0 Å². The lowest BCUT2D eigenvalue weighted by atomic mass is 9.43. The van der Waals surface area contributed by atoms with Crippen molar-refractivity contribution in [2.24, 2.45) is 5.41 Å². The third-order valence-corrected chi connectivity index (χ3v) is 10.5. The predicted octanol–water partition coefficient (Wildman–Crippen LogP) is 3.20. The van der Waals surface area contributed by atoms with Crippen LogP contribution in [-0.2, 0) is 5.41 Å². The smallest absolute Gasteiger partial charge is 0.0391 e. The highest BCUT2D eigenvalue weighted by molar-refractivity contribution is 5.46. The molecule has 6 bridgehead atoms. The molecule has 3 N–H and O–H groups in total. The molecule has 3 nitrogen and oxygen atoms in total. The second-order valence-corrected chi connectivity index (χ2v) is 10.9. The molecule has 144 valence electrons. The largest absolute Gasteiger partial charge is 0.311 e. The summed E-state index contributed by atoms with van der Waals surface area (Å²) in [6.45, 7) is 3.62. The Morgan fingerprint density at radius 3 is 2.26 bits per heavy atom. The van der Waals surface area contributed by atoms with Gasteiger partial charge in [0.05, 0.1) is 0 Å². The van der Waals surface area contributed by atoms with Crippen LogP contribution in [-0.4, -0.2) is 36.8 Å². The molecule has 8 aliphatic rings. The molecule has 4 heterocycles. The van der Waals surface area contributed by atoms with Gasteiger partial charge in [0, 0.05) is 47.6 Å². The van der Waals surface area contributed by atoms with Gasteiger partial charge < -0.3 is 16.0 Å². The number of nitrogens with one attached hydrogen (secondary N) is 3. The molecule has 1 aromatic rings. The maximum Gasteiger partial charge on any atom is 0.0391 e. The molecule has 2 atom stereocenters. The zero-order valence-electron chi connectivity index (χ0n) is 16.4. The summed E-state index contributed by atoms with van der Waals surface area (Å²) in [5.74, 6) is 0.842. The standard InChI is InChI=1S/C24H33N3/c1-2-4-20-19(3-1)17-5-7-22(20,8-6-17)23-11-9-21(10-12-23,15-27-23)24-13-18(14-26-24)25-16-24/h1-4,17-18,25-27H,5-16H2. The lowest BCUT2D eigenvalue weighted by Crippen LogP contribution is -2.76. The molecule has 4 aliphatic carbocycles. The van der Waals surface area contributed by atoms with Gasteiger partial charge in [0.1, 0.15) is 0 Å². The van der Waals surface area contributed by atoms with Crippen LogP contribution >= 0.6 is 0 Å². The third-order valence-electron chi connectivity index (χ3n) is 10.5. The van der Waals surface area contributed by atoms with Gasteiger partial charge in [-0.15, -0.1) is 0 Å². The highest BCUT2D eigenvalue weighted by Gasteiger charge is 2.67. The molecule has 4 aliphatic heterocycles. The number of rotatable bonds is 2. The van der Waals surface area contributed by atoms with E-state index in [0.717, 1.165) is 12.0 Å². The molecule has 0 spiro atoms. The van der Waals surface area contributed by atoms with Crippen LogP contribution in [0.5, 0.6) is 0 Å². The van der Waals surface area contributed by atoms with Gasteiger partial charge in [-0.2, -0.15) is 0 Å². The van der Waals surface area contributed by atoms with E-state index >= 15 is 0 Å². The second kappa shape index (κ2) is 4.98. The van der Waals surface area contributed by atoms with Crippen LogP contribution in [0, 0.1) is 5.41 Å². The number of fused-ring (bicyclic) bond motifs is 7. The minimum absolute atomic E-state index is 0.358. The molecular formula is C24H33N3. The summed E-state index contributed by atoms with van der Waals surface area (Å²) in [6, 6.07) is 10.3. The highest BCUT2D eigenvalue weighted by Crippen LogP contribution is 2.65. The zero-order valence-corrected chi connectivity index (χ0v) is 16.4. The Labute approximate surface area is 163 Å². The number of hydrogen-bond acceptors (Lipinski definition) is 3. The molecule has 0 amide bonds. The lowest BCUT2D eigenvalue weighted by molar-refractivity contribution is -0.0732. The van der Waals surface area contributed by atoms with E-state index in [1.165, 1.54) is 77.4 Å². The normalized spacial score (nSPS) is 52.3. The molecule has 9 rings (SSSR count). The van der Waals surface area contributed by atoms with Crippen molar-refractivity contribution < 1.29 is 0 Å². The fourth-order valence-electron chi connectivity index (χ4n) is 8.93. The summed E-state index contributed by atoms with van der Waals surface area (Å²) in [5, 5.41) is 12.1. The Bertz CT molecular complexity index is 758. The van der Waals surface area contributed by atoms with Crippen LogP contribution in [0.4, 0.5) is 0 Å². The fraction of sp³-hybridized carbons (Fsp3) is 0.750. The van der Waals surface area contributed by atoms with Gasteiger partial charge >= 0.3 is 0 Å². The Morgan fingerprint density at radius 2 is 1.63 bits per heavy atom. The van der Waals surface area contributed by atoms with Gasteiger partial charge in [-0.05, 0) is 74.8 Å². The molecule has 0 radical (unpaired) electrons. The highest BCUT2D eigenvalue weighted by atomic mass is 15.2. The van der Waals surface area contributed by atoms with Gasteiger partial charge in [0.25, 0.3) is 0 Å². The molecule has 2 unspecified atom stereocenters. The predicted molar refractivity (Wildman–Crippen MR) is 108 cm³/mol. The van der Waals surface area contributed by atoms with Crippen molar-refractivity contribution in [2.75, 3.05) is 19.6 Å². The molecule has 27 heavy (non-hydrogen) atoms. The Kier molecular flexibility index (Phi) is 2.94. The van der Waals surface area contributed by atoms with Crippen LogP contribution in [0.25, 0.3) is 0 Å². The minimum Gasteiger partial charge on any atom is -0.311 e. The van der Waals surface area contributed by atoms with Gasteiger partial charge in [-0.3, -0.25) is 0 Å². The van der Waals surface area contributed by atoms with Crippen LogP contribution in [0.15, 0.2) is 24.3 Å². The van der Waals surface area contributed by atoms with Gasteiger partial charge in [-0.1, -0.05) is 24.3 Å². The first kappa shape index (κ1) is 16.0. The SMILES string of the molecule is c1ccc2c(c1)C1CCC2(C23CCC(C45CNC(CN4)C5)(CC2)CN3)CC1. The molecule has 3 heteroatoms. The average molecular weight is 364 g/mol. The fourth-order valence-corrected chi connectivity index (χ4v) is 8.93. The summed E-state index contributed by atoms with van der Waals surface area (Å²) in [6.07, 6.45) is 12.7. The minimum atomic E-state index is 0.358. The van der Waals surface area contributed by atoms with Crippen molar-refractivity contribution in [3.63, 3.8) is 0 Å². The van der Waals surface area contributed by atoms with Crippen LogP contribution in [0.1, 0.15) is 74.8 Å². The summed E-state index contributed by atoms with van der Waals surface area (Å²) in [7, 11) is 0. The maximum absolute atomic E-state index is 4.29. The van der Waals surface area contributed by atoms with Gasteiger partial charge in [0.2, 0.25) is 0 Å². The van der Waals surface area contributed by atoms with Crippen molar-refractivity contribution >= 4 is 0 Å². The zero-order chi connectivity index (χ0) is 17.7. The quantitative estimate of drug-likeness (QED) is 0.755.